The highest BCUT2D eigenvalue weighted by molar-refractivity contribution is 5.75. The van der Waals surface area contributed by atoms with E-state index in [2.05, 4.69) is 5.32 Å². The molecule has 2 rings (SSSR count). The van der Waals surface area contributed by atoms with Gasteiger partial charge in [-0.25, -0.2) is 4.79 Å². The van der Waals surface area contributed by atoms with Crippen molar-refractivity contribution in [3.05, 3.63) is 29.3 Å². The fourth-order valence-corrected chi connectivity index (χ4v) is 3.13. The lowest BCUT2D eigenvalue weighted by atomic mass is 9.92. The second-order valence-corrected chi connectivity index (χ2v) is 6.48. The van der Waals surface area contributed by atoms with Crippen LogP contribution in [0, 0.1) is 12.8 Å². The third-order valence-electron chi connectivity index (χ3n) is 4.70. The number of nitrogens with one attached hydrogen (secondary N) is 1. The van der Waals surface area contributed by atoms with E-state index in [9.17, 15) is 9.90 Å². The molecule has 2 atom stereocenters. The van der Waals surface area contributed by atoms with Crippen LogP contribution in [-0.2, 0) is 0 Å². The summed E-state index contributed by atoms with van der Waals surface area (Å²) in [6.07, 6.45) is 1.41. The summed E-state index contributed by atoms with van der Waals surface area (Å²) < 4.78 is 5.40. The van der Waals surface area contributed by atoms with Crippen LogP contribution in [0.2, 0.25) is 0 Å². The Bertz CT molecular complexity index is 537. The predicted octanol–water partition coefficient (Wildman–Crippen LogP) is 2.87. The molecular formula is C18H28N2O3. The third-order valence-corrected chi connectivity index (χ3v) is 4.70. The van der Waals surface area contributed by atoms with E-state index in [1.165, 1.54) is 0 Å². The molecule has 0 bridgehead atoms. The van der Waals surface area contributed by atoms with Crippen molar-refractivity contribution in [2.24, 2.45) is 5.92 Å². The molecule has 23 heavy (non-hydrogen) atoms. The van der Waals surface area contributed by atoms with Crippen molar-refractivity contribution in [2.45, 2.75) is 45.8 Å². The maximum Gasteiger partial charge on any atom is 0.317 e. The minimum atomic E-state index is -0.296. The van der Waals surface area contributed by atoms with Crippen molar-refractivity contribution >= 4 is 6.03 Å². The number of hydrogen-bond donors (Lipinski definition) is 2. The first-order valence-corrected chi connectivity index (χ1v) is 8.30. The molecule has 2 amide bonds. The first kappa shape index (κ1) is 17.6. The number of hydrogen-bond acceptors (Lipinski definition) is 3. The summed E-state index contributed by atoms with van der Waals surface area (Å²) >= 11 is 0. The van der Waals surface area contributed by atoms with Gasteiger partial charge in [0.25, 0.3) is 0 Å². The SMILES string of the molecule is COc1ccc(C)cc1C(C)NC(=O)N1CCC(C(C)O)CC1. The number of piperidine rings is 1. The largest absolute Gasteiger partial charge is 0.496 e. The number of ether oxygens (including phenoxy) is 1. The topological polar surface area (TPSA) is 61.8 Å². The zero-order chi connectivity index (χ0) is 17.0. The summed E-state index contributed by atoms with van der Waals surface area (Å²) in [6.45, 7) is 7.21. The van der Waals surface area contributed by atoms with Crippen molar-refractivity contribution in [1.29, 1.82) is 0 Å². The molecular weight excluding hydrogens is 292 g/mol. The number of urea groups is 1. The summed E-state index contributed by atoms with van der Waals surface area (Å²) in [6, 6.07) is 5.81. The van der Waals surface area contributed by atoms with Gasteiger partial charge in [0, 0.05) is 18.7 Å². The van der Waals surface area contributed by atoms with E-state index < -0.39 is 0 Å². The summed E-state index contributed by atoms with van der Waals surface area (Å²) in [5.74, 6) is 1.09. The van der Waals surface area contributed by atoms with Gasteiger partial charge in [-0.1, -0.05) is 17.7 Å². The second-order valence-electron chi connectivity index (χ2n) is 6.48. The number of carbonyl (C=O) groups is 1. The molecule has 0 saturated carbocycles. The van der Waals surface area contributed by atoms with E-state index in [1.807, 2.05) is 43.9 Å². The maximum absolute atomic E-state index is 12.5. The molecule has 0 aliphatic carbocycles. The summed E-state index contributed by atoms with van der Waals surface area (Å²) in [4.78, 5) is 14.3. The smallest absolute Gasteiger partial charge is 0.317 e. The van der Waals surface area contributed by atoms with Crippen LogP contribution in [0.4, 0.5) is 4.79 Å². The summed E-state index contributed by atoms with van der Waals surface area (Å²) in [7, 11) is 1.64. The van der Waals surface area contributed by atoms with Crippen LogP contribution in [0.1, 0.15) is 43.9 Å². The van der Waals surface area contributed by atoms with E-state index >= 15 is 0 Å². The Morgan fingerprint density at radius 1 is 1.35 bits per heavy atom. The Balaban J connectivity index is 1.97. The highest BCUT2D eigenvalue weighted by Crippen LogP contribution is 2.27. The number of amides is 2. The van der Waals surface area contributed by atoms with Crippen LogP contribution in [0.25, 0.3) is 0 Å². The van der Waals surface area contributed by atoms with Gasteiger partial charge in [0.1, 0.15) is 5.75 Å². The standard InChI is InChI=1S/C18H28N2O3/c1-12-5-6-17(23-4)16(11-12)13(2)19-18(22)20-9-7-15(8-10-20)14(3)21/h5-6,11,13-15,21H,7-10H2,1-4H3,(H,19,22). The summed E-state index contributed by atoms with van der Waals surface area (Å²) in [5, 5.41) is 12.7. The minimum absolute atomic E-state index is 0.0508. The number of aliphatic hydroxyl groups is 1. The number of nitrogens with zero attached hydrogens (tertiary/aromatic N) is 1. The third kappa shape index (κ3) is 4.38. The normalized spacial score (nSPS) is 18.4. The van der Waals surface area contributed by atoms with E-state index in [4.69, 9.17) is 4.74 Å². The van der Waals surface area contributed by atoms with Gasteiger partial charge in [0.2, 0.25) is 0 Å². The zero-order valence-corrected chi connectivity index (χ0v) is 14.5. The van der Waals surface area contributed by atoms with Gasteiger partial charge in [-0.2, -0.15) is 0 Å². The van der Waals surface area contributed by atoms with Crippen molar-refractivity contribution in [3.63, 3.8) is 0 Å². The van der Waals surface area contributed by atoms with Crippen LogP contribution in [0.3, 0.4) is 0 Å². The Hall–Kier alpha value is -1.75. The highest BCUT2D eigenvalue weighted by Gasteiger charge is 2.26. The van der Waals surface area contributed by atoms with E-state index in [0.29, 0.717) is 19.0 Å². The maximum atomic E-state index is 12.5. The molecule has 1 aliphatic rings. The molecule has 1 fully saturated rings. The molecule has 1 aliphatic heterocycles. The number of methoxy groups -OCH3 is 1. The fourth-order valence-electron chi connectivity index (χ4n) is 3.13. The van der Waals surface area contributed by atoms with Gasteiger partial charge in [-0.05, 0) is 45.6 Å². The molecule has 5 nitrogen and oxygen atoms in total. The number of benzene rings is 1. The van der Waals surface area contributed by atoms with Crippen LogP contribution in [0.5, 0.6) is 5.75 Å². The van der Waals surface area contributed by atoms with Crippen molar-refractivity contribution < 1.29 is 14.6 Å². The number of aryl methyl sites for hydroxylation is 1. The molecule has 128 valence electrons. The number of aliphatic hydroxyl groups excluding tert-OH is 1. The molecule has 2 unspecified atom stereocenters. The molecule has 0 aromatic heterocycles. The van der Waals surface area contributed by atoms with Crippen LogP contribution >= 0.6 is 0 Å². The van der Waals surface area contributed by atoms with E-state index in [-0.39, 0.29) is 18.2 Å². The molecule has 0 spiro atoms. The van der Waals surface area contributed by atoms with Gasteiger partial charge in [-0.3, -0.25) is 0 Å². The van der Waals surface area contributed by atoms with Crippen molar-refractivity contribution in [3.8, 4) is 5.75 Å². The quantitative estimate of drug-likeness (QED) is 0.897. The molecule has 1 heterocycles. The lowest BCUT2D eigenvalue weighted by Crippen LogP contribution is -2.46. The van der Waals surface area contributed by atoms with Gasteiger partial charge in [-0.15, -0.1) is 0 Å². The van der Waals surface area contributed by atoms with Crippen LogP contribution in [-0.4, -0.2) is 42.3 Å². The minimum Gasteiger partial charge on any atom is -0.496 e. The average Bonchev–Trinajstić information content (AvgIpc) is 2.54. The van der Waals surface area contributed by atoms with E-state index in [0.717, 1.165) is 29.7 Å². The molecule has 5 heteroatoms. The number of carbonyl (C=O) groups excluding carboxylic acids is 1. The molecule has 1 aromatic rings. The zero-order valence-electron chi connectivity index (χ0n) is 14.5. The lowest BCUT2D eigenvalue weighted by molar-refractivity contribution is 0.0794. The lowest BCUT2D eigenvalue weighted by Gasteiger charge is -2.34. The fraction of sp³-hybridized carbons (Fsp3) is 0.611. The number of likely N-dealkylation sites (tertiary alicyclic amines) is 1. The van der Waals surface area contributed by atoms with Gasteiger partial charge in [0.15, 0.2) is 0 Å². The Kier molecular flexibility index (Phi) is 5.88. The predicted molar refractivity (Wildman–Crippen MR) is 90.7 cm³/mol. The first-order valence-electron chi connectivity index (χ1n) is 8.30. The van der Waals surface area contributed by atoms with Crippen LogP contribution < -0.4 is 10.1 Å². The summed E-state index contributed by atoms with van der Waals surface area (Å²) in [5.41, 5.74) is 2.12. The Morgan fingerprint density at radius 2 is 2.00 bits per heavy atom. The van der Waals surface area contributed by atoms with Crippen molar-refractivity contribution in [1.82, 2.24) is 10.2 Å². The monoisotopic (exact) mass is 320 g/mol. The van der Waals surface area contributed by atoms with Gasteiger partial charge < -0.3 is 20.1 Å². The highest BCUT2D eigenvalue weighted by atomic mass is 16.5. The average molecular weight is 320 g/mol. The van der Waals surface area contributed by atoms with Gasteiger partial charge in [0.05, 0.1) is 19.3 Å². The van der Waals surface area contributed by atoms with Crippen LogP contribution in [0.15, 0.2) is 18.2 Å². The van der Waals surface area contributed by atoms with Gasteiger partial charge >= 0.3 is 6.03 Å². The Morgan fingerprint density at radius 3 is 2.57 bits per heavy atom. The molecule has 2 N–H and O–H groups in total. The Labute approximate surface area is 138 Å². The van der Waals surface area contributed by atoms with Crippen molar-refractivity contribution in [2.75, 3.05) is 20.2 Å². The molecule has 0 radical (unpaired) electrons. The molecule has 1 saturated heterocycles. The molecule has 1 aromatic carbocycles. The number of rotatable bonds is 4. The second kappa shape index (κ2) is 7.68. The van der Waals surface area contributed by atoms with E-state index in [1.54, 1.807) is 7.11 Å². The first-order chi connectivity index (χ1) is 10.9.